The normalized spacial score (nSPS) is 11.1. The lowest BCUT2D eigenvalue weighted by atomic mass is 10.2. The third-order valence-electron chi connectivity index (χ3n) is 1.70. The number of carboxylic acid groups (broad SMARTS) is 1. The van der Waals surface area contributed by atoms with Gasteiger partial charge < -0.3 is 15.2 Å². The van der Waals surface area contributed by atoms with Gasteiger partial charge in [0, 0.05) is 0 Å². The number of carbonyl (C=O) groups excluding carboxylic acids is 1. The number of aliphatic carboxylic acids is 1. The summed E-state index contributed by atoms with van der Waals surface area (Å²) in [5.41, 5.74) is -0.104. The maximum atomic E-state index is 11.3. The summed E-state index contributed by atoms with van der Waals surface area (Å²) in [7, 11) is 0. The molecule has 0 aliphatic heterocycles. The van der Waals surface area contributed by atoms with Crippen molar-refractivity contribution in [3.63, 3.8) is 0 Å². The fourth-order valence-corrected chi connectivity index (χ4v) is 1.11. The second-order valence-corrected chi connectivity index (χ2v) is 4.66. The Hall–Kier alpha value is -2.12. The number of nitrogens with one attached hydrogen (secondary N) is 1. The molecule has 0 saturated carbocycles. The van der Waals surface area contributed by atoms with E-state index >= 15 is 0 Å². The second-order valence-electron chi connectivity index (χ2n) is 4.66. The fourth-order valence-electron chi connectivity index (χ4n) is 1.11. The molecule has 0 saturated heterocycles. The lowest BCUT2D eigenvalue weighted by Crippen LogP contribution is -2.32. The highest BCUT2D eigenvalue weighted by atomic mass is 16.6. The van der Waals surface area contributed by atoms with Gasteiger partial charge in [0.25, 0.3) is 0 Å². The zero-order chi connectivity index (χ0) is 13.8. The maximum absolute atomic E-state index is 11.3. The first-order valence-corrected chi connectivity index (χ1v) is 5.34. The van der Waals surface area contributed by atoms with Gasteiger partial charge in [-0.05, 0) is 20.8 Å². The van der Waals surface area contributed by atoms with Crippen LogP contribution >= 0.6 is 0 Å². The van der Waals surface area contributed by atoms with E-state index in [1.54, 1.807) is 20.8 Å². The van der Waals surface area contributed by atoms with Crippen LogP contribution in [0.2, 0.25) is 0 Å². The number of alkyl carbamates (subject to hydrolysis) is 1. The van der Waals surface area contributed by atoms with E-state index < -0.39 is 17.7 Å². The van der Waals surface area contributed by atoms with Crippen molar-refractivity contribution in [1.82, 2.24) is 20.3 Å². The number of amides is 1. The topological polar surface area (TPSA) is 106 Å². The summed E-state index contributed by atoms with van der Waals surface area (Å²) >= 11 is 0. The van der Waals surface area contributed by atoms with Crippen molar-refractivity contribution < 1.29 is 19.4 Å². The van der Waals surface area contributed by atoms with Gasteiger partial charge in [0.05, 0.1) is 12.7 Å². The van der Waals surface area contributed by atoms with Gasteiger partial charge in [-0.3, -0.25) is 4.79 Å². The summed E-state index contributed by atoms with van der Waals surface area (Å²) in [6.07, 6.45) is 0.890. The molecular weight excluding hydrogens is 240 g/mol. The van der Waals surface area contributed by atoms with Crippen LogP contribution in [0.5, 0.6) is 0 Å². The Balaban J connectivity index is 2.42. The van der Waals surface area contributed by atoms with Crippen LogP contribution in [0.3, 0.4) is 0 Å². The van der Waals surface area contributed by atoms with E-state index in [4.69, 9.17) is 9.84 Å². The van der Waals surface area contributed by atoms with Gasteiger partial charge in [-0.15, -0.1) is 5.10 Å². The Kier molecular flexibility index (Phi) is 4.24. The lowest BCUT2D eigenvalue weighted by molar-refractivity contribution is -0.137. The van der Waals surface area contributed by atoms with Gasteiger partial charge >= 0.3 is 12.1 Å². The summed E-state index contributed by atoms with van der Waals surface area (Å²) in [4.78, 5) is 21.8. The molecule has 0 atom stereocenters. The van der Waals surface area contributed by atoms with Gasteiger partial charge in [-0.1, -0.05) is 5.21 Å². The minimum atomic E-state index is -1.01. The number of carbonyl (C=O) groups is 2. The van der Waals surface area contributed by atoms with Crippen molar-refractivity contribution >= 4 is 12.1 Å². The molecule has 8 nitrogen and oxygen atoms in total. The number of nitrogens with zero attached hydrogens (tertiary/aromatic N) is 3. The smallest absolute Gasteiger partial charge is 0.407 e. The number of hydrogen-bond donors (Lipinski definition) is 2. The molecule has 0 unspecified atom stereocenters. The maximum Gasteiger partial charge on any atom is 0.407 e. The molecule has 18 heavy (non-hydrogen) atoms. The van der Waals surface area contributed by atoms with Crippen LogP contribution in [0, 0.1) is 0 Å². The molecule has 0 aromatic carbocycles. The number of rotatable bonds is 4. The van der Waals surface area contributed by atoms with Crippen LogP contribution in [-0.4, -0.2) is 37.8 Å². The molecule has 1 aromatic rings. The SMILES string of the molecule is CC(C)(C)OC(=O)NCc1cn(CC(=O)O)nn1. The number of hydrogen-bond acceptors (Lipinski definition) is 5. The van der Waals surface area contributed by atoms with Crippen molar-refractivity contribution in [2.24, 2.45) is 0 Å². The van der Waals surface area contributed by atoms with Crippen molar-refractivity contribution in [1.29, 1.82) is 0 Å². The third kappa shape index (κ3) is 5.28. The van der Waals surface area contributed by atoms with Crippen LogP contribution in [0.1, 0.15) is 26.5 Å². The van der Waals surface area contributed by atoms with Crippen LogP contribution in [0.15, 0.2) is 6.20 Å². The summed E-state index contributed by atoms with van der Waals surface area (Å²) in [6.45, 7) is 5.15. The molecule has 8 heteroatoms. The minimum absolute atomic E-state index is 0.133. The first kappa shape index (κ1) is 13.9. The standard InChI is InChI=1S/C10H16N4O4/c1-10(2,3)18-9(17)11-4-7-5-14(13-12-7)6-8(15)16/h5H,4,6H2,1-3H3,(H,11,17)(H,15,16). The minimum Gasteiger partial charge on any atom is -0.480 e. The average molecular weight is 256 g/mol. The van der Waals surface area contributed by atoms with Gasteiger partial charge in [0.1, 0.15) is 17.8 Å². The highest BCUT2D eigenvalue weighted by Gasteiger charge is 2.16. The van der Waals surface area contributed by atoms with E-state index in [-0.39, 0.29) is 13.1 Å². The Labute approximate surface area is 104 Å². The fraction of sp³-hybridized carbons (Fsp3) is 0.600. The van der Waals surface area contributed by atoms with Crippen LogP contribution in [-0.2, 0) is 22.6 Å². The predicted molar refractivity (Wildman–Crippen MR) is 60.7 cm³/mol. The Bertz CT molecular complexity index is 435. The van der Waals surface area contributed by atoms with Gasteiger partial charge in [0.2, 0.25) is 0 Å². The third-order valence-corrected chi connectivity index (χ3v) is 1.70. The van der Waals surface area contributed by atoms with E-state index in [9.17, 15) is 9.59 Å². The van der Waals surface area contributed by atoms with Gasteiger partial charge in [-0.2, -0.15) is 0 Å². The van der Waals surface area contributed by atoms with Crippen LogP contribution in [0.4, 0.5) is 4.79 Å². The highest BCUT2D eigenvalue weighted by molar-refractivity contribution is 5.67. The molecule has 1 rings (SSSR count). The Morgan fingerprint density at radius 1 is 1.50 bits per heavy atom. The lowest BCUT2D eigenvalue weighted by Gasteiger charge is -2.19. The molecule has 2 N–H and O–H groups in total. The summed E-state index contributed by atoms with van der Waals surface area (Å²) in [5.74, 6) is -1.01. The first-order chi connectivity index (χ1) is 8.26. The van der Waals surface area contributed by atoms with E-state index in [2.05, 4.69) is 15.6 Å². The van der Waals surface area contributed by atoms with E-state index in [1.807, 2.05) is 0 Å². The predicted octanol–water partition coefficient (Wildman–Crippen LogP) is 0.387. The summed E-state index contributed by atoms with van der Waals surface area (Å²) < 4.78 is 6.21. The quantitative estimate of drug-likeness (QED) is 0.807. The van der Waals surface area contributed by atoms with Crippen molar-refractivity contribution in [2.75, 3.05) is 0 Å². The second kappa shape index (κ2) is 5.48. The molecule has 0 fully saturated rings. The molecule has 0 spiro atoms. The molecule has 1 heterocycles. The monoisotopic (exact) mass is 256 g/mol. The molecule has 100 valence electrons. The van der Waals surface area contributed by atoms with E-state index in [0.717, 1.165) is 0 Å². The molecule has 1 amide bonds. The summed E-state index contributed by atoms with van der Waals surface area (Å²) in [6, 6.07) is 0. The van der Waals surface area contributed by atoms with E-state index in [0.29, 0.717) is 5.69 Å². The Morgan fingerprint density at radius 2 is 2.17 bits per heavy atom. The molecule has 0 aliphatic rings. The zero-order valence-electron chi connectivity index (χ0n) is 10.5. The van der Waals surface area contributed by atoms with Gasteiger partial charge in [0.15, 0.2) is 0 Å². The zero-order valence-corrected chi connectivity index (χ0v) is 10.5. The van der Waals surface area contributed by atoms with Crippen molar-refractivity contribution in [3.05, 3.63) is 11.9 Å². The van der Waals surface area contributed by atoms with Crippen molar-refractivity contribution in [3.8, 4) is 0 Å². The average Bonchev–Trinajstić information content (AvgIpc) is 2.59. The highest BCUT2D eigenvalue weighted by Crippen LogP contribution is 2.06. The van der Waals surface area contributed by atoms with Crippen molar-refractivity contribution in [2.45, 2.75) is 39.5 Å². The molecular formula is C10H16N4O4. The number of carboxylic acids is 1. The molecule has 0 bridgehead atoms. The molecule has 0 aliphatic carbocycles. The first-order valence-electron chi connectivity index (χ1n) is 5.34. The Morgan fingerprint density at radius 3 is 2.72 bits per heavy atom. The number of ether oxygens (including phenoxy) is 1. The number of aromatic nitrogens is 3. The van der Waals surface area contributed by atoms with Crippen LogP contribution < -0.4 is 5.32 Å². The van der Waals surface area contributed by atoms with Gasteiger partial charge in [-0.25, -0.2) is 9.48 Å². The van der Waals surface area contributed by atoms with Crippen LogP contribution in [0.25, 0.3) is 0 Å². The summed E-state index contributed by atoms with van der Waals surface area (Å²) in [5, 5.41) is 18.4. The molecule has 1 aromatic heterocycles. The largest absolute Gasteiger partial charge is 0.480 e. The van der Waals surface area contributed by atoms with E-state index in [1.165, 1.54) is 10.9 Å². The molecule has 0 radical (unpaired) electrons.